The predicted molar refractivity (Wildman–Crippen MR) is 87.6 cm³/mol. The molecule has 3 aliphatic rings. The highest BCUT2D eigenvalue weighted by Crippen LogP contribution is 2.42. The largest absolute Gasteiger partial charge is 0.371 e. The summed E-state index contributed by atoms with van der Waals surface area (Å²) in [5.74, 6) is 0.906. The third-order valence-corrected chi connectivity index (χ3v) is 5.88. The van der Waals surface area contributed by atoms with Crippen LogP contribution >= 0.6 is 0 Å². The standard InChI is InChI=1S/C18H34N2O/c1-5-6-15-11-19-18(4,14-7-8-14)13-20(15)12-16-9-10-17(2,3)21-16/h14-16,19H,5-13H2,1-4H3. The highest BCUT2D eigenvalue weighted by atomic mass is 16.5. The van der Waals surface area contributed by atoms with E-state index in [2.05, 4.69) is 37.9 Å². The molecule has 1 N–H and O–H groups in total. The van der Waals surface area contributed by atoms with Crippen LogP contribution in [0, 0.1) is 5.92 Å². The lowest BCUT2D eigenvalue weighted by Gasteiger charge is -2.47. The van der Waals surface area contributed by atoms with E-state index in [4.69, 9.17) is 4.74 Å². The molecule has 2 heterocycles. The zero-order valence-electron chi connectivity index (χ0n) is 14.5. The summed E-state index contributed by atoms with van der Waals surface area (Å²) in [6.07, 6.45) is 8.31. The second kappa shape index (κ2) is 5.82. The maximum atomic E-state index is 6.26. The van der Waals surface area contributed by atoms with Crippen LogP contribution in [0.1, 0.15) is 66.2 Å². The van der Waals surface area contributed by atoms with Crippen LogP contribution in [0.25, 0.3) is 0 Å². The molecule has 3 unspecified atom stereocenters. The zero-order valence-corrected chi connectivity index (χ0v) is 14.5. The molecule has 3 atom stereocenters. The van der Waals surface area contributed by atoms with Crippen molar-refractivity contribution in [3.05, 3.63) is 0 Å². The number of hydrogen-bond acceptors (Lipinski definition) is 3. The lowest BCUT2D eigenvalue weighted by molar-refractivity contribution is -0.0449. The van der Waals surface area contributed by atoms with Gasteiger partial charge in [-0.05, 0) is 58.8 Å². The summed E-state index contributed by atoms with van der Waals surface area (Å²) in [7, 11) is 0. The van der Waals surface area contributed by atoms with Crippen LogP contribution in [-0.4, -0.2) is 47.8 Å². The molecule has 1 aliphatic carbocycles. The van der Waals surface area contributed by atoms with Gasteiger partial charge in [0.05, 0.1) is 11.7 Å². The molecule has 3 fully saturated rings. The molecule has 2 aliphatic heterocycles. The van der Waals surface area contributed by atoms with Gasteiger partial charge < -0.3 is 10.1 Å². The molecule has 3 nitrogen and oxygen atoms in total. The second-order valence-corrected chi connectivity index (χ2v) is 8.48. The third kappa shape index (κ3) is 3.62. The van der Waals surface area contributed by atoms with Crippen molar-refractivity contribution in [1.82, 2.24) is 10.2 Å². The van der Waals surface area contributed by atoms with Gasteiger partial charge in [-0.2, -0.15) is 0 Å². The molecule has 0 aromatic rings. The molecule has 0 spiro atoms. The van der Waals surface area contributed by atoms with Crippen LogP contribution in [0.4, 0.5) is 0 Å². The van der Waals surface area contributed by atoms with E-state index >= 15 is 0 Å². The molecular formula is C18H34N2O. The van der Waals surface area contributed by atoms with E-state index in [1.807, 2.05) is 0 Å². The average Bonchev–Trinajstić information content (AvgIpc) is 3.20. The van der Waals surface area contributed by atoms with E-state index in [-0.39, 0.29) is 5.60 Å². The van der Waals surface area contributed by atoms with E-state index in [0.29, 0.717) is 17.7 Å². The van der Waals surface area contributed by atoms with Gasteiger partial charge in [-0.25, -0.2) is 0 Å². The summed E-state index contributed by atoms with van der Waals surface area (Å²) < 4.78 is 6.26. The van der Waals surface area contributed by atoms with Gasteiger partial charge in [-0.3, -0.25) is 4.90 Å². The van der Waals surface area contributed by atoms with Crippen molar-refractivity contribution in [3.63, 3.8) is 0 Å². The van der Waals surface area contributed by atoms with Gasteiger partial charge in [0.15, 0.2) is 0 Å². The molecule has 0 bridgehead atoms. The molecule has 0 aromatic carbocycles. The van der Waals surface area contributed by atoms with Crippen molar-refractivity contribution in [3.8, 4) is 0 Å². The van der Waals surface area contributed by atoms with Crippen molar-refractivity contribution in [2.45, 2.75) is 89.5 Å². The van der Waals surface area contributed by atoms with Gasteiger partial charge >= 0.3 is 0 Å². The fourth-order valence-electron chi connectivity index (χ4n) is 4.38. The normalized spacial score (nSPS) is 40.6. The number of ether oxygens (including phenoxy) is 1. The molecular weight excluding hydrogens is 260 g/mol. The number of piperazine rings is 1. The van der Waals surface area contributed by atoms with Gasteiger partial charge in [0.25, 0.3) is 0 Å². The Balaban J connectivity index is 1.63. The van der Waals surface area contributed by atoms with Gasteiger partial charge in [0, 0.05) is 31.2 Å². The SMILES string of the molecule is CCCC1CNC(C)(C2CC2)CN1CC1CCC(C)(C)O1. The van der Waals surface area contributed by atoms with Crippen LogP contribution in [-0.2, 0) is 4.74 Å². The molecule has 0 aromatic heterocycles. The summed E-state index contributed by atoms with van der Waals surface area (Å²) in [5, 5.41) is 3.88. The smallest absolute Gasteiger partial charge is 0.0710 e. The van der Waals surface area contributed by atoms with Crippen molar-refractivity contribution >= 4 is 0 Å². The minimum Gasteiger partial charge on any atom is -0.371 e. The maximum absolute atomic E-state index is 6.26. The Labute approximate surface area is 130 Å². The van der Waals surface area contributed by atoms with Gasteiger partial charge in [0.2, 0.25) is 0 Å². The van der Waals surface area contributed by atoms with Crippen LogP contribution in [0.2, 0.25) is 0 Å². The fraction of sp³-hybridized carbons (Fsp3) is 1.00. The first-order valence-corrected chi connectivity index (χ1v) is 9.09. The predicted octanol–water partition coefficient (Wildman–Crippen LogP) is 3.19. The lowest BCUT2D eigenvalue weighted by atomic mass is 9.89. The Kier molecular flexibility index (Phi) is 4.37. The number of rotatable bonds is 5. The molecule has 2 saturated heterocycles. The van der Waals surface area contributed by atoms with Gasteiger partial charge in [0.1, 0.15) is 0 Å². The first kappa shape index (κ1) is 15.8. The quantitative estimate of drug-likeness (QED) is 0.843. The summed E-state index contributed by atoms with van der Waals surface area (Å²) in [6, 6.07) is 0.703. The van der Waals surface area contributed by atoms with Gasteiger partial charge in [-0.15, -0.1) is 0 Å². The third-order valence-electron chi connectivity index (χ3n) is 5.88. The van der Waals surface area contributed by atoms with Crippen LogP contribution in [0.15, 0.2) is 0 Å². The van der Waals surface area contributed by atoms with Crippen molar-refractivity contribution in [2.24, 2.45) is 5.92 Å². The fourth-order valence-corrected chi connectivity index (χ4v) is 4.38. The summed E-state index contributed by atoms with van der Waals surface area (Å²) >= 11 is 0. The highest BCUT2D eigenvalue weighted by Gasteiger charge is 2.46. The Morgan fingerprint density at radius 2 is 1.95 bits per heavy atom. The monoisotopic (exact) mass is 294 g/mol. The Bertz CT molecular complexity index is 366. The van der Waals surface area contributed by atoms with E-state index < -0.39 is 0 Å². The highest BCUT2D eigenvalue weighted by molar-refractivity contribution is 5.04. The van der Waals surface area contributed by atoms with E-state index in [0.717, 1.165) is 19.0 Å². The van der Waals surface area contributed by atoms with Crippen molar-refractivity contribution < 1.29 is 4.74 Å². The molecule has 3 rings (SSSR count). The van der Waals surface area contributed by atoms with Crippen LogP contribution < -0.4 is 5.32 Å². The molecule has 0 amide bonds. The minimum absolute atomic E-state index is 0.0960. The number of nitrogens with zero attached hydrogens (tertiary/aromatic N) is 1. The first-order valence-electron chi connectivity index (χ1n) is 9.09. The summed E-state index contributed by atoms with van der Waals surface area (Å²) in [6.45, 7) is 12.7. The lowest BCUT2D eigenvalue weighted by Crippen LogP contribution is -2.64. The molecule has 21 heavy (non-hydrogen) atoms. The average molecular weight is 294 g/mol. The molecule has 122 valence electrons. The first-order chi connectivity index (χ1) is 9.92. The number of hydrogen-bond donors (Lipinski definition) is 1. The number of nitrogens with one attached hydrogen (secondary N) is 1. The Morgan fingerprint density at radius 3 is 2.52 bits per heavy atom. The Hall–Kier alpha value is -0.120. The van der Waals surface area contributed by atoms with Gasteiger partial charge in [-0.1, -0.05) is 13.3 Å². The second-order valence-electron chi connectivity index (χ2n) is 8.48. The van der Waals surface area contributed by atoms with E-state index in [9.17, 15) is 0 Å². The Morgan fingerprint density at radius 1 is 1.19 bits per heavy atom. The van der Waals surface area contributed by atoms with Crippen molar-refractivity contribution in [1.29, 1.82) is 0 Å². The maximum Gasteiger partial charge on any atom is 0.0710 e. The van der Waals surface area contributed by atoms with E-state index in [1.165, 1.54) is 45.1 Å². The molecule has 0 radical (unpaired) electrons. The zero-order chi connectivity index (χ0) is 15.1. The van der Waals surface area contributed by atoms with E-state index in [1.54, 1.807) is 0 Å². The minimum atomic E-state index is 0.0960. The van der Waals surface area contributed by atoms with Crippen LogP contribution in [0.5, 0.6) is 0 Å². The van der Waals surface area contributed by atoms with Crippen LogP contribution in [0.3, 0.4) is 0 Å². The van der Waals surface area contributed by atoms with Crippen molar-refractivity contribution in [2.75, 3.05) is 19.6 Å². The summed E-state index contributed by atoms with van der Waals surface area (Å²) in [5.41, 5.74) is 0.442. The molecule has 1 saturated carbocycles. The molecule has 3 heteroatoms. The topological polar surface area (TPSA) is 24.5 Å². The summed E-state index contributed by atoms with van der Waals surface area (Å²) in [4.78, 5) is 2.75.